The first-order valence-electron chi connectivity index (χ1n) is 8.01. The van der Waals surface area contributed by atoms with Crippen LogP contribution in [0.4, 0.5) is 4.79 Å². The normalized spacial score (nSPS) is 22.7. The highest BCUT2D eigenvalue weighted by Gasteiger charge is 2.36. The van der Waals surface area contributed by atoms with Gasteiger partial charge in [-0.3, -0.25) is 4.90 Å². The van der Waals surface area contributed by atoms with E-state index in [0.29, 0.717) is 56.2 Å². The van der Waals surface area contributed by atoms with Crippen molar-refractivity contribution in [3.8, 4) is 17.9 Å². The van der Waals surface area contributed by atoms with E-state index in [-0.39, 0.29) is 12.2 Å². The van der Waals surface area contributed by atoms with E-state index >= 15 is 0 Å². The lowest BCUT2D eigenvalue weighted by Gasteiger charge is -2.44. The SMILES string of the molecule is N#Cc1ccc(OCCN2CC3CN(C(=O)O)CC(C2)O3)c(C#N)c1. The van der Waals surface area contributed by atoms with Crippen molar-refractivity contribution in [1.82, 2.24) is 9.80 Å². The topological polar surface area (TPSA) is 110 Å². The lowest BCUT2D eigenvalue weighted by molar-refractivity contribution is -0.132. The summed E-state index contributed by atoms with van der Waals surface area (Å²) in [5, 5.41) is 27.1. The fourth-order valence-electron chi connectivity index (χ4n) is 3.21. The van der Waals surface area contributed by atoms with Gasteiger partial charge in [-0.2, -0.15) is 10.5 Å². The summed E-state index contributed by atoms with van der Waals surface area (Å²) in [4.78, 5) is 14.7. The van der Waals surface area contributed by atoms with Crippen LogP contribution in [0.25, 0.3) is 0 Å². The number of rotatable bonds is 4. The minimum atomic E-state index is -0.903. The molecule has 2 aliphatic heterocycles. The molecule has 0 radical (unpaired) electrons. The van der Waals surface area contributed by atoms with Crippen LogP contribution in [0.3, 0.4) is 0 Å². The third kappa shape index (κ3) is 4.00. The van der Waals surface area contributed by atoms with Gasteiger partial charge >= 0.3 is 6.09 Å². The summed E-state index contributed by atoms with van der Waals surface area (Å²) in [7, 11) is 0. The van der Waals surface area contributed by atoms with Gasteiger partial charge in [0.2, 0.25) is 0 Å². The molecule has 2 bridgehead atoms. The number of benzene rings is 1. The maximum Gasteiger partial charge on any atom is 0.407 e. The van der Waals surface area contributed by atoms with Gasteiger partial charge in [0.25, 0.3) is 0 Å². The van der Waals surface area contributed by atoms with Crippen LogP contribution in [-0.4, -0.2) is 72.5 Å². The zero-order valence-corrected chi connectivity index (χ0v) is 13.6. The van der Waals surface area contributed by atoms with E-state index in [9.17, 15) is 4.79 Å². The number of ether oxygens (including phenoxy) is 2. The molecular weight excluding hydrogens is 324 g/mol. The third-order valence-electron chi connectivity index (χ3n) is 4.32. The molecule has 2 aliphatic rings. The maximum absolute atomic E-state index is 11.1. The predicted molar refractivity (Wildman–Crippen MR) is 86.1 cm³/mol. The van der Waals surface area contributed by atoms with Crippen molar-refractivity contribution in [3.63, 3.8) is 0 Å². The molecule has 0 spiro atoms. The molecule has 8 heteroatoms. The lowest BCUT2D eigenvalue weighted by Crippen LogP contribution is -2.60. The Kier molecular flexibility index (Phi) is 5.03. The van der Waals surface area contributed by atoms with Crippen molar-refractivity contribution in [2.45, 2.75) is 12.2 Å². The first kappa shape index (κ1) is 17.0. The van der Waals surface area contributed by atoms with Gasteiger partial charge in [-0.05, 0) is 18.2 Å². The van der Waals surface area contributed by atoms with E-state index in [1.54, 1.807) is 12.1 Å². The second-order valence-electron chi connectivity index (χ2n) is 6.11. The number of carboxylic acid groups (broad SMARTS) is 1. The maximum atomic E-state index is 11.1. The Bertz CT molecular complexity index is 725. The second kappa shape index (κ2) is 7.39. The average Bonchev–Trinajstić information content (AvgIpc) is 2.61. The van der Waals surface area contributed by atoms with Crippen LogP contribution in [0, 0.1) is 22.7 Å². The van der Waals surface area contributed by atoms with Crippen molar-refractivity contribution < 1.29 is 19.4 Å². The summed E-state index contributed by atoms with van der Waals surface area (Å²) in [6.45, 7) is 3.15. The predicted octanol–water partition coefficient (Wildman–Crippen LogP) is 0.872. The molecule has 2 atom stereocenters. The molecule has 1 aromatic carbocycles. The molecule has 0 aromatic heterocycles. The fraction of sp³-hybridized carbons (Fsp3) is 0.471. The lowest BCUT2D eigenvalue weighted by atomic mass is 10.1. The number of nitriles is 2. The van der Waals surface area contributed by atoms with Crippen LogP contribution < -0.4 is 4.74 Å². The van der Waals surface area contributed by atoms with Crippen molar-refractivity contribution in [2.24, 2.45) is 0 Å². The van der Waals surface area contributed by atoms with Crippen molar-refractivity contribution in [2.75, 3.05) is 39.3 Å². The van der Waals surface area contributed by atoms with Crippen LogP contribution in [0.2, 0.25) is 0 Å². The molecule has 1 amide bonds. The van der Waals surface area contributed by atoms with Gasteiger partial charge < -0.3 is 19.5 Å². The first-order valence-corrected chi connectivity index (χ1v) is 8.01. The van der Waals surface area contributed by atoms with Gasteiger partial charge in [-0.15, -0.1) is 0 Å². The summed E-state index contributed by atoms with van der Waals surface area (Å²) in [6, 6.07) is 8.80. The van der Waals surface area contributed by atoms with Gasteiger partial charge in [0.1, 0.15) is 18.4 Å². The first-order chi connectivity index (χ1) is 12.1. The number of amides is 1. The van der Waals surface area contributed by atoms with Gasteiger partial charge in [0, 0.05) is 19.6 Å². The van der Waals surface area contributed by atoms with E-state index in [1.807, 2.05) is 12.1 Å². The van der Waals surface area contributed by atoms with Crippen LogP contribution in [-0.2, 0) is 4.74 Å². The smallest absolute Gasteiger partial charge is 0.407 e. The van der Waals surface area contributed by atoms with Crippen LogP contribution in [0.15, 0.2) is 18.2 Å². The van der Waals surface area contributed by atoms with Gasteiger partial charge in [-0.25, -0.2) is 4.79 Å². The van der Waals surface area contributed by atoms with Gasteiger partial charge in [-0.1, -0.05) is 0 Å². The number of morpholine rings is 2. The highest BCUT2D eigenvalue weighted by atomic mass is 16.5. The average molecular weight is 342 g/mol. The summed E-state index contributed by atoms with van der Waals surface area (Å²) >= 11 is 0. The van der Waals surface area contributed by atoms with Crippen molar-refractivity contribution in [1.29, 1.82) is 10.5 Å². The van der Waals surface area contributed by atoms with E-state index < -0.39 is 6.09 Å². The van der Waals surface area contributed by atoms with Crippen LogP contribution >= 0.6 is 0 Å². The number of hydrogen-bond donors (Lipinski definition) is 1. The van der Waals surface area contributed by atoms with Gasteiger partial charge in [0.15, 0.2) is 0 Å². The summed E-state index contributed by atoms with van der Waals surface area (Å²) in [6.07, 6.45) is -1.14. The quantitative estimate of drug-likeness (QED) is 0.864. The number of carbonyl (C=O) groups is 1. The fourth-order valence-corrected chi connectivity index (χ4v) is 3.21. The van der Waals surface area contributed by atoms with E-state index in [4.69, 9.17) is 25.1 Å². The molecule has 2 fully saturated rings. The molecule has 130 valence electrons. The Morgan fingerprint density at radius 2 is 1.96 bits per heavy atom. The molecule has 0 aliphatic carbocycles. The molecule has 8 nitrogen and oxygen atoms in total. The summed E-state index contributed by atoms with van der Waals surface area (Å²) in [5.41, 5.74) is 0.767. The monoisotopic (exact) mass is 342 g/mol. The third-order valence-corrected chi connectivity index (χ3v) is 4.32. The molecule has 1 N–H and O–H groups in total. The molecule has 2 unspecified atom stereocenters. The largest absolute Gasteiger partial charge is 0.491 e. The van der Waals surface area contributed by atoms with Crippen LogP contribution in [0.1, 0.15) is 11.1 Å². The Morgan fingerprint density at radius 1 is 1.24 bits per heavy atom. The standard InChI is InChI=1S/C17H18N4O4/c18-6-12-1-2-16(13(5-12)7-19)24-4-3-20-8-14-10-21(17(22)23)11-15(9-20)25-14/h1-2,5,14-15H,3-4,8-11H2,(H,22,23). The molecule has 2 heterocycles. The highest BCUT2D eigenvalue weighted by molar-refractivity contribution is 5.65. The molecular formula is C17H18N4O4. The highest BCUT2D eigenvalue weighted by Crippen LogP contribution is 2.21. The molecule has 1 aromatic rings. The van der Waals surface area contributed by atoms with Crippen molar-refractivity contribution in [3.05, 3.63) is 29.3 Å². The summed E-state index contributed by atoms with van der Waals surface area (Å²) in [5.74, 6) is 0.465. The molecule has 2 saturated heterocycles. The van der Waals surface area contributed by atoms with E-state index in [1.165, 1.54) is 11.0 Å². The zero-order chi connectivity index (χ0) is 17.8. The Morgan fingerprint density at radius 3 is 2.56 bits per heavy atom. The number of fused-ring (bicyclic) bond motifs is 2. The molecule has 3 rings (SSSR count). The van der Waals surface area contributed by atoms with E-state index in [2.05, 4.69) is 4.90 Å². The zero-order valence-electron chi connectivity index (χ0n) is 13.6. The van der Waals surface area contributed by atoms with Crippen molar-refractivity contribution >= 4 is 6.09 Å². The minimum Gasteiger partial charge on any atom is -0.491 e. The minimum absolute atomic E-state index is 0.117. The Labute approximate surface area is 145 Å². The molecule has 25 heavy (non-hydrogen) atoms. The number of nitrogens with zero attached hydrogens (tertiary/aromatic N) is 4. The Hall–Kier alpha value is -2.81. The van der Waals surface area contributed by atoms with E-state index in [0.717, 1.165) is 0 Å². The molecule has 0 saturated carbocycles. The van der Waals surface area contributed by atoms with Crippen LogP contribution in [0.5, 0.6) is 5.75 Å². The van der Waals surface area contributed by atoms with Gasteiger partial charge in [0.05, 0.1) is 42.5 Å². The Balaban J connectivity index is 1.52. The summed E-state index contributed by atoms with van der Waals surface area (Å²) < 4.78 is 11.5. The second-order valence-corrected chi connectivity index (χ2v) is 6.11. The number of hydrogen-bond acceptors (Lipinski definition) is 6.